The minimum Gasteiger partial charge on any atom is -0.480 e. The first-order chi connectivity index (χ1) is 11.5. The fourth-order valence-electron chi connectivity index (χ4n) is 2.61. The molecule has 3 rings (SSSR count). The van der Waals surface area contributed by atoms with Gasteiger partial charge in [-0.1, -0.05) is 30.3 Å². The molecule has 1 atom stereocenters. The van der Waals surface area contributed by atoms with Crippen molar-refractivity contribution in [3.63, 3.8) is 0 Å². The lowest BCUT2D eigenvalue weighted by molar-refractivity contribution is -0.139. The van der Waals surface area contributed by atoms with Crippen LogP contribution in [0, 0.1) is 0 Å². The number of fused-ring (bicyclic) bond motifs is 1. The second-order valence-electron chi connectivity index (χ2n) is 5.64. The van der Waals surface area contributed by atoms with Gasteiger partial charge in [0.15, 0.2) is 6.10 Å². The molecule has 1 aliphatic heterocycles. The average molecular weight is 389 g/mol. The molecule has 2 aromatic carbocycles. The normalized spacial score (nSPS) is 15.3. The Morgan fingerprint density at radius 3 is 2.67 bits per heavy atom. The third kappa shape index (κ3) is 3.59. The summed E-state index contributed by atoms with van der Waals surface area (Å²) in [5.41, 5.74) is 1.69. The van der Waals surface area contributed by atoms with E-state index < -0.39 is 6.10 Å². The van der Waals surface area contributed by atoms with Crippen LogP contribution < -0.4 is 10.1 Å². The van der Waals surface area contributed by atoms with E-state index in [1.165, 1.54) is 4.90 Å². The SMILES string of the molecule is CN(CC(=O)Nc1ccccc1Br)C(=O)C1Cc2ccccc2O1. The third-order valence-electron chi connectivity index (χ3n) is 3.83. The highest BCUT2D eigenvalue weighted by atomic mass is 79.9. The quantitative estimate of drug-likeness (QED) is 0.875. The van der Waals surface area contributed by atoms with Gasteiger partial charge in [-0.15, -0.1) is 0 Å². The van der Waals surface area contributed by atoms with E-state index in [9.17, 15) is 9.59 Å². The van der Waals surface area contributed by atoms with Gasteiger partial charge in [-0.25, -0.2) is 0 Å². The molecule has 2 aromatic rings. The monoisotopic (exact) mass is 388 g/mol. The van der Waals surface area contributed by atoms with Gasteiger partial charge in [0.1, 0.15) is 5.75 Å². The van der Waals surface area contributed by atoms with Crippen LogP contribution in [0.1, 0.15) is 5.56 Å². The predicted octanol–water partition coefficient (Wildman–Crippen LogP) is 2.85. The van der Waals surface area contributed by atoms with E-state index in [4.69, 9.17) is 4.74 Å². The van der Waals surface area contributed by atoms with Crippen LogP contribution in [0.5, 0.6) is 5.75 Å². The second-order valence-corrected chi connectivity index (χ2v) is 6.49. The maximum atomic E-state index is 12.5. The van der Waals surface area contributed by atoms with Crippen LogP contribution in [-0.2, 0) is 16.0 Å². The van der Waals surface area contributed by atoms with Crippen molar-refractivity contribution >= 4 is 33.4 Å². The molecule has 0 saturated heterocycles. The van der Waals surface area contributed by atoms with E-state index in [-0.39, 0.29) is 18.4 Å². The number of nitrogens with zero attached hydrogens (tertiary/aromatic N) is 1. The molecular weight excluding hydrogens is 372 g/mol. The molecule has 1 N–H and O–H groups in total. The predicted molar refractivity (Wildman–Crippen MR) is 95.0 cm³/mol. The van der Waals surface area contributed by atoms with Gasteiger partial charge in [0.25, 0.3) is 5.91 Å². The van der Waals surface area contributed by atoms with Crippen LogP contribution >= 0.6 is 15.9 Å². The minimum atomic E-state index is -0.566. The fraction of sp³-hybridized carbons (Fsp3) is 0.222. The standard InChI is InChI=1S/C18H17BrN2O3/c1-21(11-17(22)20-14-8-4-3-7-13(14)19)18(23)16-10-12-6-2-5-9-15(12)24-16/h2-9,16H,10-11H2,1H3,(H,20,22). The van der Waals surface area contributed by atoms with Gasteiger partial charge in [0.2, 0.25) is 5.91 Å². The molecule has 0 aromatic heterocycles. The number of para-hydroxylation sites is 2. The van der Waals surface area contributed by atoms with Gasteiger partial charge in [-0.3, -0.25) is 9.59 Å². The Hall–Kier alpha value is -2.34. The summed E-state index contributed by atoms with van der Waals surface area (Å²) in [5, 5.41) is 2.78. The Kier molecular flexibility index (Phi) is 4.85. The van der Waals surface area contributed by atoms with Gasteiger partial charge in [-0.05, 0) is 39.7 Å². The summed E-state index contributed by atoms with van der Waals surface area (Å²) in [4.78, 5) is 26.0. The number of hydrogen-bond donors (Lipinski definition) is 1. The van der Waals surface area contributed by atoms with E-state index in [2.05, 4.69) is 21.2 Å². The van der Waals surface area contributed by atoms with E-state index >= 15 is 0 Å². The van der Waals surface area contributed by atoms with Gasteiger partial charge in [0.05, 0.1) is 12.2 Å². The Labute approximate surface area is 148 Å². The summed E-state index contributed by atoms with van der Waals surface area (Å²) in [7, 11) is 1.61. The number of amides is 2. The summed E-state index contributed by atoms with van der Waals surface area (Å²) in [6, 6.07) is 14.9. The summed E-state index contributed by atoms with van der Waals surface area (Å²) >= 11 is 3.38. The molecule has 5 nitrogen and oxygen atoms in total. The first kappa shape index (κ1) is 16.5. The molecule has 24 heavy (non-hydrogen) atoms. The number of nitrogens with one attached hydrogen (secondary N) is 1. The molecule has 1 heterocycles. The average Bonchev–Trinajstić information content (AvgIpc) is 3.00. The van der Waals surface area contributed by atoms with Gasteiger partial charge < -0.3 is 15.0 Å². The topological polar surface area (TPSA) is 58.6 Å². The Morgan fingerprint density at radius 1 is 1.21 bits per heavy atom. The van der Waals surface area contributed by atoms with Crippen molar-refractivity contribution in [2.45, 2.75) is 12.5 Å². The zero-order chi connectivity index (χ0) is 17.1. The third-order valence-corrected chi connectivity index (χ3v) is 4.52. The van der Waals surface area contributed by atoms with E-state index in [0.717, 1.165) is 15.8 Å². The molecule has 0 saturated carbocycles. The number of likely N-dealkylation sites (N-methyl/N-ethyl adjacent to an activating group) is 1. The van der Waals surface area contributed by atoms with Crippen molar-refractivity contribution in [2.24, 2.45) is 0 Å². The molecule has 0 aliphatic carbocycles. The van der Waals surface area contributed by atoms with Crippen LogP contribution in [0.15, 0.2) is 53.0 Å². The fourth-order valence-corrected chi connectivity index (χ4v) is 3.00. The molecule has 6 heteroatoms. The first-order valence-corrected chi connectivity index (χ1v) is 8.38. The molecule has 1 unspecified atom stereocenters. The van der Waals surface area contributed by atoms with Crippen molar-refractivity contribution in [3.8, 4) is 5.75 Å². The second kappa shape index (κ2) is 7.05. The summed E-state index contributed by atoms with van der Waals surface area (Å²) in [6.45, 7) is -0.0314. The number of anilines is 1. The van der Waals surface area contributed by atoms with Gasteiger partial charge in [-0.2, -0.15) is 0 Å². The lowest BCUT2D eigenvalue weighted by atomic mass is 10.1. The van der Waals surface area contributed by atoms with E-state index in [0.29, 0.717) is 12.1 Å². The van der Waals surface area contributed by atoms with Crippen molar-refractivity contribution < 1.29 is 14.3 Å². The van der Waals surface area contributed by atoms with Crippen molar-refractivity contribution in [1.82, 2.24) is 4.90 Å². The van der Waals surface area contributed by atoms with Crippen LogP contribution in [0.4, 0.5) is 5.69 Å². The maximum absolute atomic E-state index is 12.5. The summed E-state index contributed by atoms with van der Waals surface area (Å²) in [5.74, 6) is 0.281. The summed E-state index contributed by atoms with van der Waals surface area (Å²) < 4.78 is 6.47. The molecule has 2 amide bonds. The largest absolute Gasteiger partial charge is 0.480 e. The molecule has 0 fully saturated rings. The Balaban J connectivity index is 1.57. The lowest BCUT2D eigenvalue weighted by Crippen LogP contribution is -2.42. The number of carbonyl (C=O) groups excluding carboxylic acids is 2. The molecule has 1 aliphatic rings. The molecule has 0 bridgehead atoms. The van der Waals surface area contributed by atoms with Crippen LogP contribution in [0.3, 0.4) is 0 Å². The molecule has 0 spiro atoms. The molecular formula is C18H17BrN2O3. The first-order valence-electron chi connectivity index (χ1n) is 7.58. The highest BCUT2D eigenvalue weighted by molar-refractivity contribution is 9.10. The van der Waals surface area contributed by atoms with E-state index in [1.807, 2.05) is 42.5 Å². The Bertz CT molecular complexity index is 753. The van der Waals surface area contributed by atoms with Crippen LogP contribution in [-0.4, -0.2) is 36.4 Å². The van der Waals surface area contributed by atoms with Crippen molar-refractivity contribution in [2.75, 3.05) is 18.9 Å². The van der Waals surface area contributed by atoms with Crippen molar-refractivity contribution in [3.05, 3.63) is 58.6 Å². The number of hydrogen-bond acceptors (Lipinski definition) is 3. The maximum Gasteiger partial charge on any atom is 0.264 e. The number of carbonyl (C=O) groups is 2. The summed E-state index contributed by atoms with van der Waals surface area (Å²) in [6.07, 6.45) is -0.0331. The number of benzene rings is 2. The number of halogens is 1. The Morgan fingerprint density at radius 2 is 1.92 bits per heavy atom. The van der Waals surface area contributed by atoms with E-state index in [1.54, 1.807) is 13.1 Å². The smallest absolute Gasteiger partial charge is 0.264 e. The molecule has 0 radical (unpaired) electrons. The highest BCUT2D eigenvalue weighted by Gasteiger charge is 2.31. The highest BCUT2D eigenvalue weighted by Crippen LogP contribution is 2.28. The number of ether oxygens (including phenoxy) is 1. The molecule has 124 valence electrons. The zero-order valence-corrected chi connectivity index (χ0v) is 14.7. The number of rotatable bonds is 4. The van der Waals surface area contributed by atoms with Crippen LogP contribution in [0.2, 0.25) is 0 Å². The van der Waals surface area contributed by atoms with Crippen molar-refractivity contribution in [1.29, 1.82) is 0 Å². The van der Waals surface area contributed by atoms with Gasteiger partial charge in [0, 0.05) is 17.9 Å². The minimum absolute atomic E-state index is 0.0314. The van der Waals surface area contributed by atoms with Crippen LogP contribution in [0.25, 0.3) is 0 Å². The lowest BCUT2D eigenvalue weighted by Gasteiger charge is -2.20. The zero-order valence-electron chi connectivity index (χ0n) is 13.2. The van der Waals surface area contributed by atoms with Gasteiger partial charge >= 0.3 is 0 Å².